The molecule has 1 aromatic carbocycles. The molecule has 1 fully saturated rings. The van der Waals surface area contributed by atoms with Crippen LogP contribution in [0.1, 0.15) is 38.2 Å². The molecule has 3 nitrogen and oxygen atoms in total. The van der Waals surface area contributed by atoms with E-state index in [1.807, 2.05) is 36.4 Å². The van der Waals surface area contributed by atoms with Crippen molar-refractivity contribution in [2.45, 2.75) is 32.6 Å². The van der Waals surface area contributed by atoms with Crippen molar-refractivity contribution in [2.75, 3.05) is 13.2 Å². The van der Waals surface area contributed by atoms with Crippen LogP contribution in [0.5, 0.6) is 5.75 Å². The van der Waals surface area contributed by atoms with E-state index in [1.165, 1.54) is 0 Å². The largest absolute Gasteiger partial charge is 0.494 e. The Hall–Kier alpha value is -1.77. The first-order chi connectivity index (χ1) is 9.79. The number of unbranched alkanes of at least 4 members (excludes halogenated alkanes) is 1. The predicted octanol–water partition coefficient (Wildman–Crippen LogP) is 3.83. The Kier molecular flexibility index (Phi) is 5.66. The number of esters is 1. The van der Waals surface area contributed by atoms with Crippen molar-refractivity contribution in [3.8, 4) is 5.75 Å². The molecule has 108 valence electrons. The highest BCUT2D eigenvalue weighted by Crippen LogP contribution is 2.29. The van der Waals surface area contributed by atoms with Gasteiger partial charge in [0.05, 0.1) is 12.5 Å². The highest BCUT2D eigenvalue weighted by Gasteiger charge is 2.30. The highest BCUT2D eigenvalue weighted by molar-refractivity contribution is 5.75. The summed E-state index contributed by atoms with van der Waals surface area (Å²) in [5, 5.41) is 0. The average molecular weight is 274 g/mol. The Morgan fingerprint density at radius 3 is 2.70 bits per heavy atom. The normalized spacial score (nSPS) is 14.4. The molecule has 0 saturated heterocycles. The van der Waals surface area contributed by atoms with Crippen LogP contribution in [-0.2, 0) is 9.53 Å². The molecule has 0 unspecified atom stereocenters. The van der Waals surface area contributed by atoms with Gasteiger partial charge in [0.2, 0.25) is 0 Å². The topological polar surface area (TPSA) is 35.5 Å². The van der Waals surface area contributed by atoms with Crippen LogP contribution in [0, 0.1) is 5.92 Å². The van der Waals surface area contributed by atoms with E-state index in [1.54, 1.807) is 0 Å². The molecule has 1 saturated carbocycles. The van der Waals surface area contributed by atoms with E-state index in [2.05, 4.69) is 6.92 Å². The molecule has 0 bridgehead atoms. The van der Waals surface area contributed by atoms with Crippen molar-refractivity contribution in [3.63, 3.8) is 0 Å². The molecule has 0 radical (unpaired) electrons. The summed E-state index contributed by atoms with van der Waals surface area (Å²) in [7, 11) is 0. The van der Waals surface area contributed by atoms with Crippen LogP contribution in [0.25, 0.3) is 6.08 Å². The smallest absolute Gasteiger partial charge is 0.309 e. The van der Waals surface area contributed by atoms with Gasteiger partial charge in [0.15, 0.2) is 0 Å². The molecule has 0 spiro atoms. The monoisotopic (exact) mass is 274 g/mol. The van der Waals surface area contributed by atoms with Crippen LogP contribution < -0.4 is 4.74 Å². The molecule has 2 rings (SSSR count). The van der Waals surface area contributed by atoms with Gasteiger partial charge in [-0.1, -0.05) is 31.6 Å². The summed E-state index contributed by atoms with van der Waals surface area (Å²) in [5.41, 5.74) is 1.08. The molecule has 0 amide bonds. The van der Waals surface area contributed by atoms with Gasteiger partial charge in [0.25, 0.3) is 0 Å². The number of ether oxygens (including phenoxy) is 2. The molecule has 1 aliphatic rings. The van der Waals surface area contributed by atoms with Gasteiger partial charge in [-0.25, -0.2) is 0 Å². The fourth-order valence-electron chi connectivity index (χ4n) is 1.76. The zero-order valence-corrected chi connectivity index (χ0v) is 12.0. The molecule has 0 aromatic heterocycles. The summed E-state index contributed by atoms with van der Waals surface area (Å²) in [6, 6.07) is 7.93. The van der Waals surface area contributed by atoms with Crippen LogP contribution in [-0.4, -0.2) is 19.2 Å². The van der Waals surface area contributed by atoms with Gasteiger partial charge in [0, 0.05) is 0 Å². The van der Waals surface area contributed by atoms with Crippen molar-refractivity contribution < 1.29 is 14.3 Å². The first kappa shape index (κ1) is 14.6. The molecule has 1 aliphatic carbocycles. The number of carbonyl (C=O) groups excluding carboxylic acids is 1. The predicted molar refractivity (Wildman–Crippen MR) is 79.6 cm³/mol. The number of carbonyl (C=O) groups is 1. The van der Waals surface area contributed by atoms with E-state index in [0.29, 0.717) is 6.61 Å². The highest BCUT2D eigenvalue weighted by atomic mass is 16.5. The third-order valence-electron chi connectivity index (χ3n) is 3.19. The van der Waals surface area contributed by atoms with Gasteiger partial charge < -0.3 is 9.47 Å². The van der Waals surface area contributed by atoms with Crippen molar-refractivity contribution >= 4 is 12.0 Å². The minimum atomic E-state index is -0.0608. The molecule has 3 heteroatoms. The summed E-state index contributed by atoms with van der Waals surface area (Å²) in [5.74, 6) is 1.01. The fourth-order valence-corrected chi connectivity index (χ4v) is 1.76. The van der Waals surface area contributed by atoms with Gasteiger partial charge in [-0.2, -0.15) is 0 Å². The minimum absolute atomic E-state index is 0.0608. The molecule has 0 atom stereocenters. The minimum Gasteiger partial charge on any atom is -0.494 e. The summed E-state index contributed by atoms with van der Waals surface area (Å²) in [4.78, 5) is 11.3. The van der Waals surface area contributed by atoms with Crippen LogP contribution in [0.15, 0.2) is 30.3 Å². The van der Waals surface area contributed by atoms with Gasteiger partial charge in [-0.05, 0) is 43.0 Å². The van der Waals surface area contributed by atoms with Crippen LogP contribution in [0.4, 0.5) is 0 Å². The lowest BCUT2D eigenvalue weighted by atomic mass is 10.2. The van der Waals surface area contributed by atoms with Gasteiger partial charge in [0.1, 0.15) is 12.4 Å². The molecular formula is C17H22O3. The Balaban J connectivity index is 1.70. The Labute approximate surface area is 120 Å². The van der Waals surface area contributed by atoms with E-state index in [4.69, 9.17) is 9.47 Å². The molecule has 1 aromatic rings. The molecule has 0 aliphatic heterocycles. The maximum absolute atomic E-state index is 11.3. The zero-order valence-electron chi connectivity index (χ0n) is 12.0. The second-order valence-corrected chi connectivity index (χ2v) is 5.08. The maximum Gasteiger partial charge on any atom is 0.309 e. The van der Waals surface area contributed by atoms with E-state index < -0.39 is 0 Å². The van der Waals surface area contributed by atoms with Crippen molar-refractivity contribution in [3.05, 3.63) is 35.9 Å². The fraction of sp³-hybridized carbons (Fsp3) is 0.471. The third-order valence-corrected chi connectivity index (χ3v) is 3.19. The van der Waals surface area contributed by atoms with Gasteiger partial charge >= 0.3 is 5.97 Å². The Morgan fingerprint density at radius 2 is 2.05 bits per heavy atom. The molecule has 0 heterocycles. The number of hydrogen-bond donors (Lipinski definition) is 0. The Bertz CT molecular complexity index is 444. The lowest BCUT2D eigenvalue weighted by molar-refractivity contribution is -0.143. The lowest BCUT2D eigenvalue weighted by Gasteiger charge is -2.05. The maximum atomic E-state index is 11.3. The van der Waals surface area contributed by atoms with E-state index >= 15 is 0 Å². The van der Waals surface area contributed by atoms with Crippen molar-refractivity contribution in [1.82, 2.24) is 0 Å². The summed E-state index contributed by atoms with van der Waals surface area (Å²) >= 11 is 0. The van der Waals surface area contributed by atoms with E-state index in [9.17, 15) is 4.79 Å². The second kappa shape index (κ2) is 7.73. The van der Waals surface area contributed by atoms with Gasteiger partial charge in [-0.15, -0.1) is 0 Å². The molecular weight excluding hydrogens is 252 g/mol. The quantitative estimate of drug-likeness (QED) is 0.534. The number of rotatable bonds is 8. The lowest BCUT2D eigenvalue weighted by Crippen LogP contribution is -2.05. The summed E-state index contributed by atoms with van der Waals surface area (Å²) < 4.78 is 10.7. The average Bonchev–Trinajstić information content (AvgIpc) is 3.30. The first-order valence-electron chi connectivity index (χ1n) is 7.35. The van der Waals surface area contributed by atoms with Crippen LogP contribution in [0.3, 0.4) is 0 Å². The molecule has 20 heavy (non-hydrogen) atoms. The van der Waals surface area contributed by atoms with Crippen LogP contribution >= 0.6 is 0 Å². The number of hydrogen-bond acceptors (Lipinski definition) is 3. The SMILES string of the molecule is CCCCOc1ccc(/C=C/COC(=O)C2CC2)cc1. The number of benzene rings is 1. The first-order valence-corrected chi connectivity index (χ1v) is 7.35. The summed E-state index contributed by atoms with van der Waals surface area (Å²) in [6.45, 7) is 3.26. The van der Waals surface area contributed by atoms with Crippen molar-refractivity contribution in [1.29, 1.82) is 0 Å². The summed E-state index contributed by atoms with van der Waals surface area (Å²) in [6.07, 6.45) is 8.02. The standard InChI is InChI=1S/C17H22O3/c1-2-3-12-19-16-10-6-14(7-11-16)5-4-13-20-17(18)15-8-9-15/h4-7,10-11,15H,2-3,8-9,12-13H2,1H3/b5-4+. The second-order valence-electron chi connectivity index (χ2n) is 5.08. The van der Waals surface area contributed by atoms with Gasteiger partial charge in [-0.3, -0.25) is 4.79 Å². The molecule has 0 N–H and O–H groups in total. The third kappa shape index (κ3) is 5.08. The van der Waals surface area contributed by atoms with Crippen LogP contribution in [0.2, 0.25) is 0 Å². The van der Waals surface area contributed by atoms with Crippen molar-refractivity contribution in [2.24, 2.45) is 5.92 Å². The van der Waals surface area contributed by atoms with E-state index in [-0.39, 0.29) is 11.9 Å². The zero-order chi connectivity index (χ0) is 14.2. The Morgan fingerprint density at radius 1 is 1.30 bits per heavy atom. The van der Waals surface area contributed by atoms with E-state index in [0.717, 1.165) is 43.6 Å².